The molecule has 0 aromatic heterocycles. The third kappa shape index (κ3) is 1.80. The van der Waals surface area contributed by atoms with Crippen molar-refractivity contribution in [2.24, 2.45) is 5.73 Å². The van der Waals surface area contributed by atoms with Crippen LogP contribution in [0, 0.1) is 0 Å². The van der Waals surface area contributed by atoms with Crippen LogP contribution in [0.2, 0.25) is 0 Å². The van der Waals surface area contributed by atoms with Gasteiger partial charge >= 0.3 is 0 Å². The predicted octanol–water partition coefficient (Wildman–Crippen LogP) is 1.43. The minimum absolute atomic E-state index is 0.0495. The van der Waals surface area contributed by atoms with Gasteiger partial charge in [-0.15, -0.1) is 0 Å². The number of carbonyl (C=O) groups is 1. The van der Waals surface area contributed by atoms with Crippen molar-refractivity contribution < 1.29 is 9.53 Å². The molecule has 0 radical (unpaired) electrons. The van der Waals surface area contributed by atoms with Crippen LogP contribution >= 0.6 is 0 Å². The van der Waals surface area contributed by atoms with Gasteiger partial charge in [-0.1, -0.05) is 6.07 Å². The number of hydrogen-bond acceptors (Lipinski definition) is 3. The van der Waals surface area contributed by atoms with Crippen molar-refractivity contribution in [3.8, 4) is 5.75 Å². The number of carbonyl (C=O) groups excluding carboxylic acids is 1. The minimum Gasteiger partial charge on any atom is -0.479 e. The number of hydrogen-bond donors (Lipinski definition) is 2. The summed E-state index contributed by atoms with van der Waals surface area (Å²) in [5.41, 5.74) is 7.44. The van der Waals surface area contributed by atoms with Gasteiger partial charge in [-0.2, -0.15) is 0 Å². The summed E-state index contributed by atoms with van der Waals surface area (Å²) in [7, 11) is 0. The van der Waals surface area contributed by atoms with Crippen molar-refractivity contribution in [3.05, 3.63) is 23.8 Å². The first-order chi connectivity index (χ1) is 7.08. The van der Waals surface area contributed by atoms with Gasteiger partial charge in [0.2, 0.25) is 0 Å². The molecule has 4 heteroatoms. The molecule has 0 aliphatic carbocycles. The molecule has 1 heterocycles. The largest absolute Gasteiger partial charge is 0.479 e. The number of nitrogens with two attached hydrogens (primary N) is 1. The molecular formula is C11H14N2O2. The van der Waals surface area contributed by atoms with Crippen LogP contribution in [-0.4, -0.2) is 12.0 Å². The van der Waals surface area contributed by atoms with Gasteiger partial charge in [0.1, 0.15) is 5.75 Å². The summed E-state index contributed by atoms with van der Waals surface area (Å²) in [6.07, 6.45) is -0.432. The summed E-state index contributed by atoms with van der Waals surface area (Å²) in [5, 5.41) is 2.79. The number of anilines is 1. The zero-order chi connectivity index (χ0) is 11.0. The highest BCUT2D eigenvalue weighted by molar-refractivity contribution is 5.97. The van der Waals surface area contributed by atoms with Gasteiger partial charge in [0, 0.05) is 6.04 Å². The van der Waals surface area contributed by atoms with Gasteiger partial charge in [-0.3, -0.25) is 4.79 Å². The third-order valence-electron chi connectivity index (χ3n) is 2.46. The van der Waals surface area contributed by atoms with Crippen LogP contribution < -0.4 is 15.8 Å². The first kappa shape index (κ1) is 9.98. The van der Waals surface area contributed by atoms with Gasteiger partial charge in [-0.25, -0.2) is 0 Å². The third-order valence-corrected chi connectivity index (χ3v) is 2.46. The van der Waals surface area contributed by atoms with E-state index in [1.807, 2.05) is 25.1 Å². The summed E-state index contributed by atoms with van der Waals surface area (Å²) >= 11 is 0. The Morgan fingerprint density at radius 1 is 1.53 bits per heavy atom. The molecule has 1 amide bonds. The van der Waals surface area contributed by atoms with Crippen LogP contribution in [0.5, 0.6) is 5.75 Å². The van der Waals surface area contributed by atoms with E-state index in [4.69, 9.17) is 10.5 Å². The maximum absolute atomic E-state index is 11.4. The Balaban J connectivity index is 2.37. The van der Waals surface area contributed by atoms with Gasteiger partial charge in [0.15, 0.2) is 6.10 Å². The monoisotopic (exact) mass is 206 g/mol. The second-order valence-electron chi connectivity index (χ2n) is 3.79. The Labute approximate surface area is 88.4 Å². The number of rotatable bonds is 1. The topological polar surface area (TPSA) is 64.3 Å². The lowest BCUT2D eigenvalue weighted by atomic mass is 10.1. The molecule has 0 saturated carbocycles. The summed E-state index contributed by atoms with van der Waals surface area (Å²) in [6, 6.07) is 5.55. The molecule has 2 unspecified atom stereocenters. The standard InChI is InChI=1S/C11H14N2O2/c1-6(12)8-3-4-10-9(5-8)13-11(14)7(2)15-10/h3-7H,12H2,1-2H3,(H,13,14). The van der Waals surface area contributed by atoms with Crippen LogP contribution in [-0.2, 0) is 4.79 Å². The highest BCUT2D eigenvalue weighted by atomic mass is 16.5. The summed E-state index contributed by atoms with van der Waals surface area (Å²) < 4.78 is 5.43. The van der Waals surface area contributed by atoms with E-state index in [0.717, 1.165) is 5.56 Å². The van der Waals surface area contributed by atoms with Gasteiger partial charge in [0.25, 0.3) is 5.91 Å². The lowest BCUT2D eigenvalue weighted by Crippen LogP contribution is -2.34. The minimum atomic E-state index is -0.432. The van der Waals surface area contributed by atoms with Crippen molar-refractivity contribution >= 4 is 11.6 Å². The van der Waals surface area contributed by atoms with E-state index in [9.17, 15) is 4.79 Å². The molecule has 15 heavy (non-hydrogen) atoms. The maximum Gasteiger partial charge on any atom is 0.265 e. The van der Waals surface area contributed by atoms with E-state index in [2.05, 4.69) is 5.32 Å². The second-order valence-corrected chi connectivity index (χ2v) is 3.79. The Hall–Kier alpha value is -1.55. The van der Waals surface area contributed by atoms with Gasteiger partial charge in [0.05, 0.1) is 5.69 Å². The molecule has 2 atom stereocenters. The van der Waals surface area contributed by atoms with E-state index in [1.165, 1.54) is 0 Å². The average Bonchev–Trinajstić information content (AvgIpc) is 2.19. The Morgan fingerprint density at radius 3 is 2.93 bits per heavy atom. The summed E-state index contributed by atoms with van der Waals surface area (Å²) in [4.78, 5) is 11.4. The highest BCUT2D eigenvalue weighted by Crippen LogP contribution is 2.31. The van der Waals surface area contributed by atoms with Crippen molar-refractivity contribution in [3.63, 3.8) is 0 Å². The zero-order valence-corrected chi connectivity index (χ0v) is 8.78. The number of benzene rings is 1. The molecular weight excluding hydrogens is 192 g/mol. The molecule has 0 saturated heterocycles. The molecule has 3 N–H and O–H groups in total. The molecule has 80 valence electrons. The van der Waals surface area contributed by atoms with E-state index in [-0.39, 0.29) is 11.9 Å². The van der Waals surface area contributed by atoms with Gasteiger partial charge < -0.3 is 15.8 Å². The van der Waals surface area contributed by atoms with Crippen molar-refractivity contribution in [2.45, 2.75) is 26.0 Å². The molecule has 2 rings (SSSR count). The molecule has 1 aliphatic rings. The summed E-state index contributed by atoms with van der Waals surface area (Å²) in [5.74, 6) is 0.579. The predicted molar refractivity (Wildman–Crippen MR) is 57.8 cm³/mol. The fourth-order valence-corrected chi connectivity index (χ4v) is 1.51. The molecule has 1 aliphatic heterocycles. The lowest BCUT2D eigenvalue weighted by molar-refractivity contribution is -0.122. The molecule has 0 bridgehead atoms. The molecule has 1 aromatic carbocycles. The van der Waals surface area contributed by atoms with Crippen molar-refractivity contribution in [1.29, 1.82) is 0 Å². The molecule has 0 spiro atoms. The SMILES string of the molecule is CC1Oc2ccc(C(C)N)cc2NC1=O. The quantitative estimate of drug-likeness (QED) is 0.730. The van der Waals surface area contributed by atoms with Crippen LogP contribution in [0.1, 0.15) is 25.5 Å². The van der Waals surface area contributed by atoms with E-state index in [1.54, 1.807) is 6.92 Å². The normalized spacial score (nSPS) is 21.3. The lowest BCUT2D eigenvalue weighted by Gasteiger charge is -2.24. The van der Waals surface area contributed by atoms with Gasteiger partial charge in [-0.05, 0) is 31.5 Å². The Bertz CT molecular complexity index is 402. The van der Waals surface area contributed by atoms with Crippen LogP contribution in [0.15, 0.2) is 18.2 Å². The average molecular weight is 206 g/mol. The fourth-order valence-electron chi connectivity index (χ4n) is 1.51. The van der Waals surface area contributed by atoms with Crippen LogP contribution in [0.4, 0.5) is 5.69 Å². The fraction of sp³-hybridized carbons (Fsp3) is 0.364. The second kappa shape index (κ2) is 3.55. The molecule has 1 aromatic rings. The number of ether oxygens (including phenoxy) is 1. The molecule has 4 nitrogen and oxygen atoms in total. The smallest absolute Gasteiger partial charge is 0.265 e. The first-order valence-electron chi connectivity index (χ1n) is 4.95. The maximum atomic E-state index is 11.4. The van der Waals surface area contributed by atoms with E-state index >= 15 is 0 Å². The summed E-state index contributed by atoms with van der Waals surface area (Å²) in [6.45, 7) is 3.62. The van der Waals surface area contributed by atoms with E-state index in [0.29, 0.717) is 11.4 Å². The highest BCUT2D eigenvalue weighted by Gasteiger charge is 2.23. The van der Waals surface area contributed by atoms with Crippen molar-refractivity contribution in [1.82, 2.24) is 0 Å². The van der Waals surface area contributed by atoms with Crippen LogP contribution in [0.3, 0.4) is 0 Å². The zero-order valence-electron chi connectivity index (χ0n) is 8.78. The Morgan fingerprint density at radius 2 is 2.27 bits per heavy atom. The number of amides is 1. The Kier molecular flexibility index (Phi) is 2.36. The van der Waals surface area contributed by atoms with E-state index < -0.39 is 6.10 Å². The first-order valence-corrected chi connectivity index (χ1v) is 4.95. The molecule has 0 fully saturated rings. The number of fused-ring (bicyclic) bond motifs is 1. The van der Waals surface area contributed by atoms with Crippen LogP contribution in [0.25, 0.3) is 0 Å². The number of nitrogens with one attached hydrogen (secondary N) is 1. The van der Waals surface area contributed by atoms with Crippen molar-refractivity contribution in [2.75, 3.05) is 5.32 Å².